The van der Waals surface area contributed by atoms with Crippen LogP contribution in [0.2, 0.25) is 0 Å². The molecule has 2 aliphatic rings. The number of rotatable bonds is 2. The summed E-state index contributed by atoms with van der Waals surface area (Å²) in [7, 11) is 1.33. The zero-order chi connectivity index (χ0) is 15.1. The largest absolute Gasteiger partial charge is 0.493 e. The van der Waals surface area contributed by atoms with Crippen LogP contribution in [0.15, 0.2) is 12.1 Å². The van der Waals surface area contributed by atoms with Gasteiger partial charge in [-0.3, -0.25) is 19.7 Å². The average molecular weight is 292 g/mol. The third-order valence-corrected chi connectivity index (χ3v) is 3.82. The first-order valence-electron chi connectivity index (χ1n) is 6.53. The molecule has 1 saturated heterocycles. The van der Waals surface area contributed by atoms with Crippen LogP contribution in [0.3, 0.4) is 0 Å². The first kappa shape index (κ1) is 13.5. The second-order valence-electron chi connectivity index (χ2n) is 5.01. The summed E-state index contributed by atoms with van der Waals surface area (Å²) in [5.74, 6) is -1.71. The lowest BCUT2D eigenvalue weighted by Crippen LogP contribution is -2.52. The molecule has 0 saturated carbocycles. The van der Waals surface area contributed by atoms with E-state index >= 15 is 0 Å². The summed E-state index contributed by atoms with van der Waals surface area (Å²) in [5, 5.41) is 2.22. The van der Waals surface area contributed by atoms with Crippen LogP contribution in [-0.4, -0.2) is 35.8 Å². The molecule has 1 fully saturated rings. The number of piperidine rings is 1. The lowest BCUT2D eigenvalue weighted by atomic mass is 10.0. The Labute approximate surface area is 119 Å². The number of nitrogens with zero attached hydrogens (tertiary/aromatic N) is 1. The van der Waals surface area contributed by atoms with E-state index in [2.05, 4.69) is 5.32 Å². The van der Waals surface area contributed by atoms with E-state index in [9.17, 15) is 18.8 Å². The molecule has 0 radical (unpaired) electrons. The molecule has 3 amide bonds. The lowest BCUT2D eigenvalue weighted by Gasteiger charge is -2.29. The highest BCUT2D eigenvalue weighted by molar-refractivity contribution is 6.05. The minimum absolute atomic E-state index is 0.0237. The average Bonchev–Trinajstić information content (AvgIpc) is 2.76. The summed E-state index contributed by atoms with van der Waals surface area (Å²) in [5.41, 5.74) is 0.769. The predicted molar refractivity (Wildman–Crippen MR) is 69.0 cm³/mol. The highest BCUT2D eigenvalue weighted by Crippen LogP contribution is 2.35. The number of halogens is 1. The third kappa shape index (κ3) is 2.05. The van der Waals surface area contributed by atoms with Gasteiger partial charge in [-0.15, -0.1) is 0 Å². The molecule has 21 heavy (non-hydrogen) atoms. The minimum atomic E-state index is -0.713. The van der Waals surface area contributed by atoms with Gasteiger partial charge in [0.25, 0.3) is 5.91 Å². The number of hydrogen-bond donors (Lipinski definition) is 1. The van der Waals surface area contributed by atoms with Crippen LogP contribution in [0.5, 0.6) is 5.75 Å². The molecule has 1 N–H and O–H groups in total. The van der Waals surface area contributed by atoms with Crippen LogP contribution in [0.4, 0.5) is 4.39 Å². The van der Waals surface area contributed by atoms with Crippen LogP contribution in [0.25, 0.3) is 0 Å². The summed E-state index contributed by atoms with van der Waals surface area (Å²) in [4.78, 5) is 36.8. The number of methoxy groups -OCH3 is 1. The Bertz CT molecular complexity index is 659. The number of fused-ring (bicyclic) bond motifs is 1. The highest BCUT2D eigenvalue weighted by Gasteiger charge is 2.40. The summed E-state index contributed by atoms with van der Waals surface area (Å²) in [6.45, 7) is 0.0986. The van der Waals surface area contributed by atoms with Crippen molar-refractivity contribution in [2.45, 2.75) is 25.4 Å². The van der Waals surface area contributed by atoms with Gasteiger partial charge in [-0.25, -0.2) is 4.39 Å². The van der Waals surface area contributed by atoms with Crippen molar-refractivity contribution in [1.29, 1.82) is 0 Å². The Morgan fingerprint density at radius 3 is 2.76 bits per heavy atom. The van der Waals surface area contributed by atoms with E-state index in [1.54, 1.807) is 0 Å². The Morgan fingerprint density at radius 2 is 2.10 bits per heavy atom. The maximum absolute atomic E-state index is 13.7. The molecule has 2 heterocycles. The predicted octanol–water partition coefficient (Wildman–Crippen LogP) is 0.595. The van der Waals surface area contributed by atoms with Crippen LogP contribution >= 0.6 is 0 Å². The molecule has 6 nitrogen and oxygen atoms in total. The molecule has 1 aromatic carbocycles. The highest BCUT2D eigenvalue weighted by atomic mass is 19.1. The van der Waals surface area contributed by atoms with Gasteiger partial charge in [0.2, 0.25) is 11.8 Å². The number of carbonyl (C=O) groups is 3. The van der Waals surface area contributed by atoms with E-state index in [0.717, 1.165) is 0 Å². The summed E-state index contributed by atoms with van der Waals surface area (Å²) in [6, 6.07) is 1.85. The normalized spacial score (nSPS) is 21.3. The molecule has 1 atom stereocenters. The maximum atomic E-state index is 13.7. The SMILES string of the molecule is COc1c(F)ccc2c1CN(C1CCC(=O)NC1=O)C2=O. The molecule has 0 aliphatic carbocycles. The van der Waals surface area contributed by atoms with Crippen molar-refractivity contribution in [1.82, 2.24) is 10.2 Å². The molecule has 1 unspecified atom stereocenters. The Morgan fingerprint density at radius 1 is 1.33 bits per heavy atom. The minimum Gasteiger partial charge on any atom is -0.493 e. The van der Waals surface area contributed by atoms with Crippen LogP contribution in [-0.2, 0) is 16.1 Å². The van der Waals surface area contributed by atoms with E-state index in [0.29, 0.717) is 11.1 Å². The van der Waals surface area contributed by atoms with Gasteiger partial charge in [0.15, 0.2) is 11.6 Å². The fourth-order valence-corrected chi connectivity index (χ4v) is 2.81. The Balaban J connectivity index is 1.93. The van der Waals surface area contributed by atoms with Gasteiger partial charge < -0.3 is 9.64 Å². The third-order valence-electron chi connectivity index (χ3n) is 3.82. The van der Waals surface area contributed by atoms with Gasteiger partial charge >= 0.3 is 0 Å². The number of amides is 3. The second kappa shape index (κ2) is 4.83. The number of hydrogen-bond acceptors (Lipinski definition) is 4. The van der Waals surface area contributed by atoms with E-state index in [1.165, 1.54) is 24.1 Å². The van der Waals surface area contributed by atoms with Crippen molar-refractivity contribution in [3.63, 3.8) is 0 Å². The molecule has 7 heteroatoms. The molecule has 0 aromatic heterocycles. The van der Waals surface area contributed by atoms with Crippen molar-refractivity contribution in [2.75, 3.05) is 7.11 Å². The molecule has 0 bridgehead atoms. The maximum Gasteiger partial charge on any atom is 0.255 e. The van der Waals surface area contributed by atoms with Gasteiger partial charge in [0, 0.05) is 17.5 Å². The van der Waals surface area contributed by atoms with Gasteiger partial charge in [-0.05, 0) is 18.6 Å². The molecule has 110 valence electrons. The van der Waals surface area contributed by atoms with Crippen LogP contribution in [0.1, 0.15) is 28.8 Å². The Hall–Kier alpha value is -2.44. The van der Waals surface area contributed by atoms with E-state index in [4.69, 9.17) is 4.74 Å². The van der Waals surface area contributed by atoms with Crippen molar-refractivity contribution < 1.29 is 23.5 Å². The Kier molecular flexibility index (Phi) is 3.12. The number of nitrogens with one attached hydrogen (secondary N) is 1. The topological polar surface area (TPSA) is 75.7 Å². The van der Waals surface area contributed by atoms with Crippen LogP contribution in [0, 0.1) is 5.82 Å². The lowest BCUT2D eigenvalue weighted by molar-refractivity contribution is -0.136. The molecule has 3 rings (SSSR count). The number of carbonyl (C=O) groups excluding carboxylic acids is 3. The quantitative estimate of drug-likeness (QED) is 0.810. The fraction of sp³-hybridized carbons (Fsp3) is 0.357. The van der Waals surface area contributed by atoms with Gasteiger partial charge in [-0.2, -0.15) is 0 Å². The van der Waals surface area contributed by atoms with Gasteiger partial charge in [-0.1, -0.05) is 0 Å². The van der Waals surface area contributed by atoms with Gasteiger partial charge in [0.05, 0.1) is 13.7 Å². The zero-order valence-corrected chi connectivity index (χ0v) is 11.3. The van der Waals surface area contributed by atoms with Crippen molar-refractivity contribution in [2.24, 2.45) is 0 Å². The van der Waals surface area contributed by atoms with Crippen molar-refractivity contribution in [3.8, 4) is 5.75 Å². The summed E-state index contributed by atoms with van der Waals surface area (Å²) >= 11 is 0. The first-order chi connectivity index (χ1) is 10.0. The fourth-order valence-electron chi connectivity index (χ4n) is 2.81. The molecule has 0 spiro atoms. The van der Waals surface area contributed by atoms with Gasteiger partial charge in [0.1, 0.15) is 6.04 Å². The summed E-state index contributed by atoms with van der Waals surface area (Å²) in [6.07, 6.45) is 0.456. The summed E-state index contributed by atoms with van der Waals surface area (Å²) < 4.78 is 18.7. The monoisotopic (exact) mass is 292 g/mol. The number of ether oxygens (including phenoxy) is 1. The number of imide groups is 1. The zero-order valence-electron chi connectivity index (χ0n) is 11.3. The van der Waals surface area contributed by atoms with Crippen LogP contribution < -0.4 is 10.1 Å². The van der Waals surface area contributed by atoms with Crippen molar-refractivity contribution in [3.05, 3.63) is 29.1 Å². The number of benzene rings is 1. The second-order valence-corrected chi connectivity index (χ2v) is 5.01. The van der Waals surface area contributed by atoms with E-state index in [-0.39, 0.29) is 37.0 Å². The standard InChI is InChI=1S/C14H13FN2O4/c1-21-12-8-6-17(10-4-5-11(18)16-13(10)19)14(20)7(8)2-3-9(12)15/h2-3,10H,4-6H2,1H3,(H,16,18,19). The van der Waals surface area contributed by atoms with Crippen molar-refractivity contribution >= 4 is 17.7 Å². The smallest absolute Gasteiger partial charge is 0.255 e. The molecule has 2 aliphatic heterocycles. The molecular formula is C14H13FN2O4. The first-order valence-corrected chi connectivity index (χ1v) is 6.53. The van der Waals surface area contributed by atoms with E-state index < -0.39 is 17.8 Å². The van der Waals surface area contributed by atoms with E-state index in [1.807, 2.05) is 0 Å². The molecular weight excluding hydrogens is 279 g/mol. The molecule has 1 aromatic rings.